The van der Waals surface area contributed by atoms with Crippen LogP contribution in [0.3, 0.4) is 0 Å². The topological polar surface area (TPSA) is 12.9 Å². The maximum atomic E-state index is 4.10. The van der Waals surface area contributed by atoms with Crippen LogP contribution >= 0.6 is 22.4 Å². The third-order valence-electron chi connectivity index (χ3n) is 1.05. The first-order valence-electron chi connectivity index (χ1n) is 2.69. The van der Waals surface area contributed by atoms with Crippen molar-refractivity contribution < 1.29 is 0 Å². The standard InChI is InChI=1S/C6H6BIN/c1-5-2-3-9-6(4-5)7-8/h2-4H,1H3. The monoisotopic (exact) mass is 230 g/mol. The van der Waals surface area contributed by atoms with Crippen LogP contribution in [0.4, 0.5) is 0 Å². The third-order valence-corrected chi connectivity index (χ3v) is 1.69. The summed E-state index contributed by atoms with van der Waals surface area (Å²) in [6, 6.07) is 4.04. The van der Waals surface area contributed by atoms with Gasteiger partial charge in [0, 0.05) is 11.8 Å². The molecule has 0 N–H and O–H groups in total. The van der Waals surface area contributed by atoms with Crippen LogP contribution in [-0.4, -0.2) is 10.1 Å². The van der Waals surface area contributed by atoms with E-state index in [0.717, 1.165) is 5.59 Å². The summed E-state index contributed by atoms with van der Waals surface area (Å²) in [7, 11) is 0. The lowest BCUT2D eigenvalue weighted by Crippen LogP contribution is -2.12. The number of hydrogen-bond donors (Lipinski definition) is 0. The van der Waals surface area contributed by atoms with Crippen molar-refractivity contribution in [1.29, 1.82) is 0 Å². The highest BCUT2D eigenvalue weighted by Gasteiger charge is 1.90. The van der Waals surface area contributed by atoms with Gasteiger partial charge in [0.1, 0.15) is 0 Å². The van der Waals surface area contributed by atoms with Gasteiger partial charge in [-0.1, -0.05) is 0 Å². The summed E-state index contributed by atoms with van der Waals surface area (Å²) < 4.78 is 0. The minimum absolute atomic E-state index is 1.04. The zero-order chi connectivity index (χ0) is 6.69. The number of aromatic nitrogens is 1. The second kappa shape index (κ2) is 3.20. The van der Waals surface area contributed by atoms with Gasteiger partial charge in [-0.25, -0.2) is 0 Å². The fourth-order valence-electron chi connectivity index (χ4n) is 0.619. The molecule has 3 heteroatoms. The summed E-state index contributed by atoms with van der Waals surface area (Å²) in [4.78, 5) is 4.10. The maximum absolute atomic E-state index is 4.10. The van der Waals surface area contributed by atoms with E-state index in [4.69, 9.17) is 0 Å². The van der Waals surface area contributed by atoms with Gasteiger partial charge in [-0.15, -0.1) is 22.4 Å². The highest BCUT2D eigenvalue weighted by molar-refractivity contribution is 14.1. The summed E-state index contributed by atoms with van der Waals surface area (Å²) in [6.45, 7) is 2.06. The molecule has 0 aliphatic rings. The lowest BCUT2D eigenvalue weighted by atomic mass is 10.0. The van der Waals surface area contributed by atoms with Crippen LogP contribution in [0.25, 0.3) is 0 Å². The van der Waals surface area contributed by atoms with Crippen molar-refractivity contribution in [2.24, 2.45) is 0 Å². The van der Waals surface area contributed by atoms with Gasteiger partial charge in [0.05, 0.1) is 0 Å². The summed E-state index contributed by atoms with van der Waals surface area (Å²) in [5.74, 6) is 0. The molecular weight excluding hydrogens is 224 g/mol. The first-order chi connectivity index (χ1) is 4.33. The van der Waals surface area contributed by atoms with Gasteiger partial charge in [0.15, 0.2) is 0 Å². The van der Waals surface area contributed by atoms with Gasteiger partial charge < -0.3 is 0 Å². The Bertz CT molecular complexity index is 202. The molecule has 0 saturated carbocycles. The average molecular weight is 230 g/mol. The molecule has 0 unspecified atom stereocenters. The molecule has 0 bridgehead atoms. The molecule has 1 aromatic heterocycles. The Morgan fingerprint density at radius 1 is 1.67 bits per heavy atom. The number of halogens is 1. The number of nitrogens with zero attached hydrogens (tertiary/aromatic N) is 1. The predicted octanol–water partition coefficient (Wildman–Crippen LogP) is 1.07. The van der Waals surface area contributed by atoms with E-state index in [0.29, 0.717) is 0 Å². The molecular formula is C6H6BIN. The molecule has 1 heterocycles. The summed E-state index contributed by atoms with van der Waals surface area (Å²) in [6.07, 6.45) is 1.82. The molecule has 0 aromatic carbocycles. The van der Waals surface area contributed by atoms with E-state index in [-0.39, 0.29) is 0 Å². The Morgan fingerprint density at radius 3 is 2.89 bits per heavy atom. The van der Waals surface area contributed by atoms with Gasteiger partial charge in [-0.05, 0) is 24.6 Å². The minimum atomic E-state index is 1.04. The number of pyridine rings is 1. The molecule has 45 valence electrons. The predicted molar refractivity (Wildman–Crippen MR) is 48.4 cm³/mol. The number of rotatable bonds is 1. The Labute approximate surface area is 69.0 Å². The van der Waals surface area contributed by atoms with Crippen molar-refractivity contribution in [2.45, 2.75) is 6.92 Å². The number of aryl methyl sites for hydroxylation is 1. The molecule has 0 atom stereocenters. The van der Waals surface area contributed by atoms with E-state index in [9.17, 15) is 0 Å². The second-order valence-corrected chi connectivity index (χ2v) is 2.49. The van der Waals surface area contributed by atoms with Crippen LogP contribution in [0, 0.1) is 6.92 Å². The lowest BCUT2D eigenvalue weighted by molar-refractivity contribution is 1.34. The van der Waals surface area contributed by atoms with Crippen LogP contribution < -0.4 is 5.59 Å². The van der Waals surface area contributed by atoms with E-state index in [1.807, 2.05) is 23.5 Å². The van der Waals surface area contributed by atoms with Gasteiger partial charge in [0.2, 0.25) is 0 Å². The smallest absolute Gasteiger partial charge is 0.263 e. The fourth-order valence-corrected chi connectivity index (χ4v) is 0.960. The molecule has 1 aromatic rings. The zero-order valence-corrected chi connectivity index (χ0v) is 7.29. The van der Waals surface area contributed by atoms with E-state index in [1.165, 1.54) is 5.56 Å². The van der Waals surface area contributed by atoms with Gasteiger partial charge >= 0.3 is 0 Å². The summed E-state index contributed by atoms with van der Waals surface area (Å²) in [5, 5.41) is 1.96. The molecule has 0 aliphatic heterocycles. The van der Waals surface area contributed by atoms with Crippen LogP contribution in [0.1, 0.15) is 5.56 Å². The van der Waals surface area contributed by atoms with Crippen molar-refractivity contribution in [2.75, 3.05) is 0 Å². The Morgan fingerprint density at radius 2 is 2.44 bits per heavy atom. The van der Waals surface area contributed by atoms with Gasteiger partial charge in [-0.3, -0.25) is 4.98 Å². The molecule has 1 rings (SSSR count). The molecule has 1 nitrogen and oxygen atoms in total. The van der Waals surface area contributed by atoms with Crippen molar-refractivity contribution in [3.05, 3.63) is 23.9 Å². The van der Waals surface area contributed by atoms with Crippen LogP contribution in [0.2, 0.25) is 0 Å². The largest absolute Gasteiger partial charge is 0.271 e. The number of hydrogen-bond acceptors (Lipinski definition) is 1. The molecule has 0 fully saturated rings. The summed E-state index contributed by atoms with van der Waals surface area (Å²) >= 11 is 2.18. The quantitative estimate of drug-likeness (QED) is 0.519. The Kier molecular flexibility index (Phi) is 2.51. The Balaban J connectivity index is 2.94. The Hall–Kier alpha value is -0.0551. The average Bonchev–Trinajstić information content (AvgIpc) is 1.88. The van der Waals surface area contributed by atoms with E-state index < -0.39 is 0 Å². The molecule has 0 aliphatic carbocycles. The maximum Gasteiger partial charge on any atom is 0.263 e. The molecule has 0 saturated heterocycles. The van der Waals surface area contributed by atoms with Crippen molar-refractivity contribution in [3.8, 4) is 0 Å². The van der Waals surface area contributed by atoms with E-state index in [1.54, 1.807) is 0 Å². The summed E-state index contributed by atoms with van der Waals surface area (Å²) in [5.41, 5.74) is 2.29. The SMILES string of the molecule is Cc1ccnc([B]I)c1. The van der Waals surface area contributed by atoms with Crippen LogP contribution in [-0.2, 0) is 0 Å². The first kappa shape index (κ1) is 7.06. The third kappa shape index (κ3) is 1.97. The fraction of sp³-hybridized carbons (Fsp3) is 0.167. The van der Waals surface area contributed by atoms with Crippen LogP contribution in [0.5, 0.6) is 0 Å². The molecule has 9 heavy (non-hydrogen) atoms. The highest BCUT2D eigenvalue weighted by Crippen LogP contribution is 1.89. The van der Waals surface area contributed by atoms with E-state index >= 15 is 0 Å². The lowest BCUT2D eigenvalue weighted by Gasteiger charge is -1.92. The molecule has 0 amide bonds. The van der Waals surface area contributed by atoms with E-state index in [2.05, 4.69) is 34.3 Å². The van der Waals surface area contributed by atoms with Crippen molar-refractivity contribution in [3.63, 3.8) is 0 Å². The van der Waals surface area contributed by atoms with Gasteiger partial charge in [-0.2, -0.15) is 0 Å². The molecule has 1 radical (unpaired) electrons. The normalized spacial score (nSPS) is 9.11. The van der Waals surface area contributed by atoms with Crippen LogP contribution in [0.15, 0.2) is 18.3 Å². The van der Waals surface area contributed by atoms with Crippen molar-refractivity contribution >= 4 is 33.1 Å². The van der Waals surface area contributed by atoms with Crippen molar-refractivity contribution in [1.82, 2.24) is 4.98 Å². The van der Waals surface area contributed by atoms with Gasteiger partial charge in [0.25, 0.3) is 5.14 Å². The first-order valence-corrected chi connectivity index (χ1v) is 3.93. The second-order valence-electron chi connectivity index (χ2n) is 1.87. The highest BCUT2D eigenvalue weighted by atomic mass is 127. The zero-order valence-electron chi connectivity index (χ0n) is 5.13. The molecule has 0 spiro atoms. The minimum Gasteiger partial charge on any atom is -0.271 e.